The highest BCUT2D eigenvalue weighted by molar-refractivity contribution is 6.30. The Balaban J connectivity index is 1.84. The topological polar surface area (TPSA) is 55.0 Å². The van der Waals surface area contributed by atoms with Crippen LogP contribution in [0.4, 0.5) is 0 Å². The highest BCUT2D eigenvalue weighted by atomic mass is 35.5. The van der Waals surface area contributed by atoms with Crippen LogP contribution in [0.3, 0.4) is 0 Å². The molecular formula is C21H17ClN2O2. The van der Waals surface area contributed by atoms with E-state index in [0.29, 0.717) is 21.9 Å². The molecule has 0 aliphatic heterocycles. The van der Waals surface area contributed by atoms with E-state index in [9.17, 15) is 4.79 Å². The average molecular weight is 365 g/mol. The largest absolute Gasteiger partial charge is 0.484 e. The molecule has 5 heteroatoms. The van der Waals surface area contributed by atoms with E-state index in [0.717, 1.165) is 17.1 Å². The molecule has 4 nitrogen and oxygen atoms in total. The van der Waals surface area contributed by atoms with E-state index in [-0.39, 0.29) is 12.4 Å². The molecule has 0 aliphatic rings. The summed E-state index contributed by atoms with van der Waals surface area (Å²) in [4.78, 5) is 12.6. The second-order valence-electron chi connectivity index (χ2n) is 5.92. The van der Waals surface area contributed by atoms with Gasteiger partial charge in [-0.05, 0) is 56.3 Å². The van der Waals surface area contributed by atoms with Crippen molar-refractivity contribution in [2.75, 3.05) is 6.61 Å². The van der Waals surface area contributed by atoms with Crippen molar-refractivity contribution in [1.29, 1.82) is 5.26 Å². The molecule has 0 spiro atoms. The average Bonchev–Trinajstić information content (AvgIpc) is 2.95. The lowest BCUT2D eigenvalue weighted by Gasteiger charge is -2.10. The third-order valence-electron chi connectivity index (χ3n) is 4.18. The summed E-state index contributed by atoms with van der Waals surface area (Å²) in [6, 6.07) is 18.2. The molecular weight excluding hydrogens is 348 g/mol. The maximum Gasteiger partial charge on any atom is 0.202 e. The first-order valence-electron chi connectivity index (χ1n) is 8.11. The molecule has 0 bridgehead atoms. The first kappa shape index (κ1) is 17.8. The summed E-state index contributed by atoms with van der Waals surface area (Å²) >= 11 is 5.96. The number of aryl methyl sites for hydroxylation is 1. The Kier molecular flexibility index (Phi) is 5.11. The first-order valence-corrected chi connectivity index (χ1v) is 8.49. The number of carbonyl (C=O) groups is 1. The van der Waals surface area contributed by atoms with Gasteiger partial charge in [-0.15, -0.1) is 0 Å². The van der Waals surface area contributed by atoms with Crippen molar-refractivity contribution >= 4 is 17.4 Å². The number of nitrogens with zero attached hydrogens (tertiary/aromatic N) is 2. The predicted octanol–water partition coefficient (Wildman–Crippen LogP) is 4.88. The minimum atomic E-state index is -0.133. The van der Waals surface area contributed by atoms with Gasteiger partial charge in [-0.2, -0.15) is 5.26 Å². The fraction of sp³-hybridized carbons (Fsp3) is 0.143. The van der Waals surface area contributed by atoms with Gasteiger partial charge in [0.2, 0.25) is 5.78 Å². The standard InChI is InChI=1S/C21H17ClN2O2/c1-14-11-19(15(2)24(14)18-9-7-17(22)8-10-18)20(25)13-26-21-6-4-3-5-16(21)12-23/h3-11H,13H2,1-2H3. The van der Waals surface area contributed by atoms with E-state index in [1.165, 1.54) is 0 Å². The summed E-state index contributed by atoms with van der Waals surface area (Å²) < 4.78 is 7.58. The zero-order valence-corrected chi connectivity index (χ0v) is 15.2. The number of hydrogen-bond donors (Lipinski definition) is 0. The Morgan fingerprint density at radius 2 is 1.85 bits per heavy atom. The normalized spacial score (nSPS) is 10.4. The number of hydrogen-bond acceptors (Lipinski definition) is 3. The SMILES string of the molecule is Cc1cc(C(=O)COc2ccccc2C#N)c(C)n1-c1ccc(Cl)cc1. The van der Waals surface area contributed by atoms with E-state index < -0.39 is 0 Å². The molecule has 2 aromatic carbocycles. The number of ketones is 1. The monoisotopic (exact) mass is 364 g/mol. The second kappa shape index (κ2) is 7.47. The number of para-hydroxylation sites is 1. The van der Waals surface area contributed by atoms with Crippen molar-refractivity contribution < 1.29 is 9.53 Å². The van der Waals surface area contributed by atoms with Crippen molar-refractivity contribution in [1.82, 2.24) is 4.57 Å². The summed E-state index contributed by atoms with van der Waals surface area (Å²) in [6.07, 6.45) is 0. The summed E-state index contributed by atoms with van der Waals surface area (Å²) in [7, 11) is 0. The predicted molar refractivity (Wildman–Crippen MR) is 101 cm³/mol. The van der Waals surface area contributed by atoms with E-state index in [1.54, 1.807) is 24.3 Å². The molecule has 3 rings (SSSR count). The zero-order valence-electron chi connectivity index (χ0n) is 14.5. The van der Waals surface area contributed by atoms with E-state index in [1.807, 2.05) is 48.7 Å². The number of aromatic nitrogens is 1. The quantitative estimate of drug-likeness (QED) is 0.606. The smallest absolute Gasteiger partial charge is 0.202 e. The van der Waals surface area contributed by atoms with Gasteiger partial charge in [-0.25, -0.2) is 0 Å². The fourth-order valence-corrected chi connectivity index (χ4v) is 3.06. The number of halogens is 1. The maximum atomic E-state index is 12.6. The fourth-order valence-electron chi connectivity index (χ4n) is 2.94. The third-order valence-corrected chi connectivity index (χ3v) is 4.43. The third kappa shape index (κ3) is 3.49. The van der Waals surface area contributed by atoms with Crippen LogP contribution in [0.1, 0.15) is 27.3 Å². The van der Waals surface area contributed by atoms with Crippen LogP contribution in [0, 0.1) is 25.2 Å². The summed E-state index contributed by atoms with van der Waals surface area (Å²) in [6.45, 7) is 3.73. The molecule has 0 amide bonds. The number of nitriles is 1. The van der Waals surface area contributed by atoms with Gasteiger partial charge in [-0.1, -0.05) is 23.7 Å². The van der Waals surface area contributed by atoms with Gasteiger partial charge >= 0.3 is 0 Å². The lowest BCUT2D eigenvalue weighted by molar-refractivity contribution is 0.0920. The van der Waals surface area contributed by atoms with E-state index in [4.69, 9.17) is 21.6 Å². The van der Waals surface area contributed by atoms with Crippen molar-refractivity contribution in [3.8, 4) is 17.5 Å². The molecule has 130 valence electrons. The Morgan fingerprint density at radius 3 is 2.54 bits per heavy atom. The summed E-state index contributed by atoms with van der Waals surface area (Å²) in [5.41, 5.74) is 3.75. The van der Waals surface area contributed by atoms with Gasteiger partial charge in [0.1, 0.15) is 11.8 Å². The van der Waals surface area contributed by atoms with Crippen LogP contribution >= 0.6 is 11.6 Å². The van der Waals surface area contributed by atoms with Crippen molar-refractivity contribution in [2.24, 2.45) is 0 Å². The minimum Gasteiger partial charge on any atom is -0.484 e. The van der Waals surface area contributed by atoms with Crippen LogP contribution in [-0.4, -0.2) is 17.0 Å². The molecule has 3 aromatic rings. The molecule has 0 saturated heterocycles. The zero-order chi connectivity index (χ0) is 18.7. The lowest BCUT2D eigenvalue weighted by atomic mass is 10.1. The number of rotatable bonds is 5. The van der Waals surface area contributed by atoms with Gasteiger partial charge in [0.25, 0.3) is 0 Å². The maximum absolute atomic E-state index is 12.6. The molecule has 1 heterocycles. The van der Waals surface area contributed by atoms with Gasteiger partial charge < -0.3 is 9.30 Å². The number of ether oxygens (including phenoxy) is 1. The molecule has 1 aromatic heterocycles. The lowest BCUT2D eigenvalue weighted by Crippen LogP contribution is -2.13. The molecule has 0 fully saturated rings. The van der Waals surface area contributed by atoms with Crippen LogP contribution in [0.25, 0.3) is 5.69 Å². The Labute approximate surface area is 157 Å². The Morgan fingerprint density at radius 1 is 1.15 bits per heavy atom. The van der Waals surface area contributed by atoms with Crippen molar-refractivity contribution in [3.63, 3.8) is 0 Å². The minimum absolute atomic E-state index is 0.121. The highest BCUT2D eigenvalue weighted by Crippen LogP contribution is 2.23. The van der Waals surface area contributed by atoms with E-state index in [2.05, 4.69) is 6.07 Å². The molecule has 0 unspecified atom stereocenters. The second-order valence-corrected chi connectivity index (χ2v) is 6.35. The molecule has 0 aliphatic carbocycles. The number of benzene rings is 2. The summed E-state index contributed by atoms with van der Waals surface area (Å²) in [5, 5.41) is 9.77. The van der Waals surface area contributed by atoms with Gasteiger partial charge in [0.05, 0.1) is 5.56 Å². The van der Waals surface area contributed by atoms with E-state index >= 15 is 0 Å². The number of Topliss-reactive ketones (excluding diaryl/α,β-unsaturated/α-hetero) is 1. The molecule has 0 atom stereocenters. The van der Waals surface area contributed by atoms with Crippen LogP contribution in [0.15, 0.2) is 54.6 Å². The van der Waals surface area contributed by atoms with Crippen LogP contribution < -0.4 is 4.74 Å². The first-order chi connectivity index (χ1) is 12.5. The van der Waals surface area contributed by atoms with Crippen LogP contribution in [0.2, 0.25) is 5.02 Å². The molecule has 0 saturated carbocycles. The molecule has 26 heavy (non-hydrogen) atoms. The molecule has 0 N–H and O–H groups in total. The Hall–Kier alpha value is -3.03. The van der Waals surface area contributed by atoms with Crippen LogP contribution in [0.5, 0.6) is 5.75 Å². The molecule has 0 radical (unpaired) electrons. The van der Waals surface area contributed by atoms with Gasteiger partial charge in [-0.3, -0.25) is 4.79 Å². The Bertz CT molecular complexity index is 998. The van der Waals surface area contributed by atoms with Crippen LogP contribution in [-0.2, 0) is 0 Å². The van der Waals surface area contributed by atoms with Crippen molar-refractivity contribution in [3.05, 3.63) is 82.1 Å². The highest BCUT2D eigenvalue weighted by Gasteiger charge is 2.17. The van der Waals surface area contributed by atoms with Gasteiger partial charge in [0, 0.05) is 27.7 Å². The summed E-state index contributed by atoms with van der Waals surface area (Å²) in [5.74, 6) is 0.279. The van der Waals surface area contributed by atoms with Crippen molar-refractivity contribution in [2.45, 2.75) is 13.8 Å². The van der Waals surface area contributed by atoms with Gasteiger partial charge in [0.15, 0.2) is 6.61 Å². The number of carbonyl (C=O) groups excluding carboxylic acids is 1.